The zero-order valence-corrected chi connectivity index (χ0v) is 16.4. The second kappa shape index (κ2) is 6.93. The molecule has 1 aliphatic rings. The number of rotatable bonds is 4. The van der Waals surface area contributed by atoms with Gasteiger partial charge in [-0.3, -0.25) is 9.10 Å². The molecule has 1 amide bonds. The van der Waals surface area contributed by atoms with Gasteiger partial charge in [0, 0.05) is 16.6 Å². The highest BCUT2D eigenvalue weighted by Crippen LogP contribution is 2.34. The summed E-state index contributed by atoms with van der Waals surface area (Å²) in [5, 5.41) is 3.61. The summed E-state index contributed by atoms with van der Waals surface area (Å²) in [6.45, 7) is 3.77. The van der Waals surface area contributed by atoms with Gasteiger partial charge >= 0.3 is 0 Å². The number of carbonyl (C=O) groups excluding carboxylic acids is 1. The van der Waals surface area contributed by atoms with E-state index in [0.29, 0.717) is 22.7 Å². The summed E-state index contributed by atoms with van der Waals surface area (Å²) in [7, 11) is -3.33. The summed E-state index contributed by atoms with van der Waals surface area (Å²) in [6.07, 6.45) is 1.79. The second-order valence-corrected chi connectivity index (χ2v) is 9.00. The molecule has 0 fully saturated rings. The van der Waals surface area contributed by atoms with Crippen molar-refractivity contribution in [3.05, 3.63) is 64.2 Å². The first-order chi connectivity index (χ1) is 12.2. The highest BCUT2D eigenvalue weighted by Gasteiger charge is 2.32. The third kappa shape index (κ3) is 3.71. The molecule has 1 N–H and O–H groups in total. The van der Waals surface area contributed by atoms with Gasteiger partial charge in [-0.1, -0.05) is 23.7 Å². The van der Waals surface area contributed by atoms with E-state index in [4.69, 9.17) is 11.6 Å². The van der Waals surface area contributed by atoms with Crippen molar-refractivity contribution in [1.29, 1.82) is 0 Å². The Labute approximate surface area is 159 Å². The Hall–Kier alpha value is -2.05. The highest BCUT2D eigenvalue weighted by molar-refractivity contribution is 7.92. The molecule has 5 nitrogen and oxygen atoms in total. The van der Waals surface area contributed by atoms with Crippen LogP contribution in [0.1, 0.15) is 41.4 Å². The van der Waals surface area contributed by atoms with E-state index in [9.17, 15) is 13.2 Å². The van der Waals surface area contributed by atoms with Crippen molar-refractivity contribution < 1.29 is 13.2 Å². The molecule has 0 aliphatic carbocycles. The average Bonchev–Trinajstić information content (AvgIpc) is 2.90. The predicted molar refractivity (Wildman–Crippen MR) is 104 cm³/mol. The Kier molecular flexibility index (Phi) is 4.99. The van der Waals surface area contributed by atoms with Gasteiger partial charge in [0.25, 0.3) is 5.91 Å². The monoisotopic (exact) mass is 392 g/mol. The summed E-state index contributed by atoms with van der Waals surface area (Å²) >= 11 is 5.89. The van der Waals surface area contributed by atoms with Crippen LogP contribution >= 0.6 is 11.6 Å². The lowest BCUT2D eigenvalue weighted by Gasteiger charge is -2.22. The Morgan fingerprint density at radius 2 is 1.88 bits per heavy atom. The fraction of sp³-hybridized carbons (Fsp3) is 0.316. The summed E-state index contributed by atoms with van der Waals surface area (Å²) in [5.74, 6) is -0.194. The molecule has 0 saturated carbocycles. The van der Waals surface area contributed by atoms with Crippen LogP contribution in [0.15, 0.2) is 42.5 Å². The van der Waals surface area contributed by atoms with Gasteiger partial charge in [0.15, 0.2) is 0 Å². The Balaban J connectivity index is 1.80. The molecule has 2 atom stereocenters. The number of anilines is 1. The number of hydrogen-bond acceptors (Lipinski definition) is 3. The fourth-order valence-electron chi connectivity index (χ4n) is 3.36. The lowest BCUT2D eigenvalue weighted by Crippen LogP contribution is -2.34. The van der Waals surface area contributed by atoms with Crippen molar-refractivity contribution in [2.75, 3.05) is 10.6 Å². The Morgan fingerprint density at radius 3 is 2.50 bits per heavy atom. The van der Waals surface area contributed by atoms with E-state index in [0.717, 1.165) is 11.1 Å². The third-order valence-electron chi connectivity index (χ3n) is 4.57. The van der Waals surface area contributed by atoms with Gasteiger partial charge in [0.05, 0.1) is 18.0 Å². The number of sulfonamides is 1. The second-order valence-electron chi connectivity index (χ2n) is 6.70. The minimum atomic E-state index is -3.33. The molecular weight excluding hydrogens is 372 g/mol. The molecule has 2 unspecified atom stereocenters. The van der Waals surface area contributed by atoms with Gasteiger partial charge in [0.2, 0.25) is 10.0 Å². The zero-order chi connectivity index (χ0) is 19.1. The molecule has 0 bridgehead atoms. The maximum atomic E-state index is 12.6. The van der Waals surface area contributed by atoms with Crippen molar-refractivity contribution in [2.24, 2.45) is 0 Å². The Bertz CT molecular complexity index is 942. The van der Waals surface area contributed by atoms with Crippen LogP contribution in [0.25, 0.3) is 0 Å². The standard InChI is InChI=1S/C19H21ClN2O3S/c1-12-10-16-11-15(6-9-18(16)22(12)26(3,24)25)19(23)21-13(2)14-4-7-17(20)8-5-14/h4-9,11-13H,10H2,1-3H3,(H,21,23). The van der Waals surface area contributed by atoms with Crippen LogP contribution in [0.5, 0.6) is 0 Å². The predicted octanol–water partition coefficient (Wildman–Crippen LogP) is 3.54. The lowest BCUT2D eigenvalue weighted by atomic mass is 10.0. The molecule has 0 spiro atoms. The van der Waals surface area contributed by atoms with Crippen LogP contribution < -0.4 is 9.62 Å². The number of halogens is 1. The molecular formula is C19H21ClN2O3S. The number of fused-ring (bicyclic) bond motifs is 1. The minimum Gasteiger partial charge on any atom is -0.346 e. The summed E-state index contributed by atoms with van der Waals surface area (Å²) in [6, 6.07) is 12.2. The van der Waals surface area contributed by atoms with E-state index < -0.39 is 10.0 Å². The molecule has 26 heavy (non-hydrogen) atoms. The molecule has 0 saturated heterocycles. The van der Waals surface area contributed by atoms with Crippen molar-refractivity contribution in [3.63, 3.8) is 0 Å². The smallest absolute Gasteiger partial charge is 0.251 e. The normalized spacial score (nSPS) is 17.7. The summed E-state index contributed by atoms with van der Waals surface area (Å²) in [5.41, 5.74) is 3.00. The number of nitrogens with zero attached hydrogens (tertiary/aromatic N) is 1. The van der Waals surface area contributed by atoms with Gasteiger partial charge in [0.1, 0.15) is 0 Å². The molecule has 2 aromatic carbocycles. The summed E-state index contributed by atoms with van der Waals surface area (Å²) in [4.78, 5) is 12.6. The molecule has 1 aliphatic heterocycles. The van der Waals surface area contributed by atoms with E-state index in [1.54, 1.807) is 30.3 Å². The van der Waals surface area contributed by atoms with Gasteiger partial charge < -0.3 is 5.32 Å². The van der Waals surface area contributed by atoms with Crippen molar-refractivity contribution in [1.82, 2.24) is 5.32 Å². The van der Waals surface area contributed by atoms with E-state index in [1.807, 2.05) is 26.0 Å². The molecule has 1 heterocycles. The van der Waals surface area contributed by atoms with Crippen LogP contribution in [0.4, 0.5) is 5.69 Å². The first-order valence-electron chi connectivity index (χ1n) is 8.35. The fourth-order valence-corrected chi connectivity index (χ4v) is 4.75. The van der Waals surface area contributed by atoms with E-state index in [-0.39, 0.29) is 18.0 Å². The highest BCUT2D eigenvalue weighted by atomic mass is 35.5. The average molecular weight is 393 g/mol. The Morgan fingerprint density at radius 1 is 1.23 bits per heavy atom. The number of amides is 1. The van der Waals surface area contributed by atoms with Crippen LogP contribution in [-0.4, -0.2) is 26.6 Å². The topological polar surface area (TPSA) is 66.5 Å². The molecule has 0 radical (unpaired) electrons. The number of carbonyl (C=O) groups is 1. The third-order valence-corrected chi connectivity index (χ3v) is 6.09. The van der Waals surface area contributed by atoms with E-state index >= 15 is 0 Å². The molecule has 7 heteroatoms. The first-order valence-corrected chi connectivity index (χ1v) is 10.6. The van der Waals surface area contributed by atoms with Gasteiger partial charge in [-0.05, 0) is 61.7 Å². The van der Waals surface area contributed by atoms with Crippen molar-refractivity contribution in [2.45, 2.75) is 32.4 Å². The van der Waals surface area contributed by atoms with E-state index in [1.165, 1.54) is 10.6 Å². The molecule has 2 aromatic rings. The minimum absolute atomic E-state index is 0.147. The van der Waals surface area contributed by atoms with Crippen molar-refractivity contribution >= 4 is 33.2 Å². The van der Waals surface area contributed by atoms with E-state index in [2.05, 4.69) is 5.32 Å². The maximum Gasteiger partial charge on any atom is 0.251 e. The van der Waals surface area contributed by atoms with Crippen molar-refractivity contribution in [3.8, 4) is 0 Å². The SMILES string of the molecule is CC(NC(=O)c1ccc2c(c1)CC(C)N2S(C)(=O)=O)c1ccc(Cl)cc1. The van der Waals surface area contributed by atoms with Crippen LogP contribution in [-0.2, 0) is 16.4 Å². The first kappa shape index (κ1) is 18.7. The lowest BCUT2D eigenvalue weighted by molar-refractivity contribution is 0.0940. The number of hydrogen-bond donors (Lipinski definition) is 1. The van der Waals surface area contributed by atoms with Crippen LogP contribution in [0.3, 0.4) is 0 Å². The molecule has 3 rings (SSSR count). The maximum absolute atomic E-state index is 12.6. The van der Waals surface area contributed by atoms with Gasteiger partial charge in [-0.25, -0.2) is 8.42 Å². The molecule has 138 valence electrons. The number of nitrogens with one attached hydrogen (secondary N) is 1. The van der Waals surface area contributed by atoms with Crippen LogP contribution in [0.2, 0.25) is 5.02 Å². The van der Waals surface area contributed by atoms with Gasteiger partial charge in [-0.15, -0.1) is 0 Å². The largest absolute Gasteiger partial charge is 0.346 e. The number of benzene rings is 2. The molecule has 0 aromatic heterocycles. The van der Waals surface area contributed by atoms with Gasteiger partial charge in [-0.2, -0.15) is 0 Å². The quantitative estimate of drug-likeness (QED) is 0.865. The zero-order valence-electron chi connectivity index (χ0n) is 14.9. The summed E-state index contributed by atoms with van der Waals surface area (Å²) < 4.78 is 25.4. The van der Waals surface area contributed by atoms with Crippen LogP contribution in [0, 0.1) is 0 Å².